The Hall–Kier alpha value is -2.19. The standard InChI is InChI=1S/C18H21F2N3O2S/c1-22-7-2-8-23(10-9-22)13-3-6-18(17(21)11-13)26(24,25)14-4-5-15(19)16(20)12-14/h3-6,11-12H,2,7-10,21H2,1H3. The van der Waals surface area contributed by atoms with Crippen LogP contribution < -0.4 is 10.6 Å². The van der Waals surface area contributed by atoms with E-state index in [2.05, 4.69) is 16.8 Å². The predicted octanol–water partition coefficient (Wildman–Crippen LogP) is 2.52. The molecule has 0 aromatic heterocycles. The van der Waals surface area contributed by atoms with Crippen molar-refractivity contribution in [2.75, 3.05) is 43.9 Å². The van der Waals surface area contributed by atoms with Crippen molar-refractivity contribution < 1.29 is 17.2 Å². The summed E-state index contributed by atoms with van der Waals surface area (Å²) in [6.45, 7) is 3.60. The zero-order chi connectivity index (χ0) is 18.9. The molecule has 0 radical (unpaired) electrons. The lowest BCUT2D eigenvalue weighted by molar-refractivity contribution is 0.360. The molecule has 0 aliphatic carbocycles. The van der Waals surface area contributed by atoms with Gasteiger partial charge in [-0.05, 0) is 56.4 Å². The molecule has 1 aliphatic rings. The van der Waals surface area contributed by atoms with Crippen LogP contribution in [0.1, 0.15) is 6.42 Å². The van der Waals surface area contributed by atoms with Crippen LogP contribution in [0.5, 0.6) is 0 Å². The third-order valence-electron chi connectivity index (χ3n) is 4.57. The van der Waals surface area contributed by atoms with E-state index in [1.54, 1.807) is 12.1 Å². The number of nitrogens with two attached hydrogens (primary N) is 1. The summed E-state index contributed by atoms with van der Waals surface area (Å²) in [5.41, 5.74) is 6.94. The summed E-state index contributed by atoms with van der Waals surface area (Å²) in [6.07, 6.45) is 1.01. The van der Waals surface area contributed by atoms with Crippen LogP contribution in [0.3, 0.4) is 0 Å². The average Bonchev–Trinajstić information content (AvgIpc) is 2.81. The normalized spacial score (nSPS) is 16.5. The van der Waals surface area contributed by atoms with E-state index in [0.717, 1.165) is 50.4 Å². The monoisotopic (exact) mass is 381 g/mol. The number of halogens is 2. The lowest BCUT2D eigenvalue weighted by Gasteiger charge is -2.23. The highest BCUT2D eigenvalue weighted by molar-refractivity contribution is 7.91. The summed E-state index contributed by atoms with van der Waals surface area (Å²) in [5.74, 6) is -2.31. The van der Waals surface area contributed by atoms with Crippen molar-refractivity contribution in [3.63, 3.8) is 0 Å². The van der Waals surface area contributed by atoms with Crippen molar-refractivity contribution in [2.45, 2.75) is 16.2 Å². The van der Waals surface area contributed by atoms with Crippen molar-refractivity contribution >= 4 is 21.2 Å². The second kappa shape index (κ2) is 7.20. The summed E-state index contributed by atoms with van der Waals surface area (Å²) >= 11 is 0. The van der Waals surface area contributed by atoms with E-state index in [0.29, 0.717) is 6.07 Å². The van der Waals surface area contributed by atoms with Gasteiger partial charge in [-0.1, -0.05) is 0 Å². The summed E-state index contributed by atoms with van der Waals surface area (Å²) in [4.78, 5) is 3.96. The number of rotatable bonds is 3. The summed E-state index contributed by atoms with van der Waals surface area (Å²) < 4.78 is 51.9. The van der Waals surface area contributed by atoms with Gasteiger partial charge in [0.05, 0.1) is 15.5 Å². The van der Waals surface area contributed by atoms with Gasteiger partial charge in [0, 0.05) is 25.3 Å². The zero-order valence-electron chi connectivity index (χ0n) is 14.5. The van der Waals surface area contributed by atoms with Crippen molar-refractivity contribution in [2.24, 2.45) is 0 Å². The molecule has 1 aliphatic heterocycles. The molecule has 0 atom stereocenters. The number of anilines is 2. The van der Waals surface area contributed by atoms with Gasteiger partial charge >= 0.3 is 0 Å². The van der Waals surface area contributed by atoms with Gasteiger partial charge in [-0.2, -0.15) is 0 Å². The molecule has 8 heteroatoms. The van der Waals surface area contributed by atoms with Crippen LogP contribution in [0, 0.1) is 11.6 Å². The number of sulfone groups is 1. The van der Waals surface area contributed by atoms with Gasteiger partial charge in [-0.15, -0.1) is 0 Å². The fourth-order valence-corrected chi connectivity index (χ4v) is 4.43. The highest BCUT2D eigenvalue weighted by atomic mass is 32.2. The quantitative estimate of drug-likeness (QED) is 0.654. The Morgan fingerprint density at radius 1 is 0.962 bits per heavy atom. The Kier molecular flexibility index (Phi) is 5.15. The molecule has 2 N–H and O–H groups in total. The molecule has 140 valence electrons. The SMILES string of the molecule is CN1CCCN(c2ccc(S(=O)(=O)c3ccc(F)c(F)c3)c(N)c2)CC1. The highest BCUT2D eigenvalue weighted by Gasteiger charge is 2.23. The molecule has 1 fully saturated rings. The first-order valence-corrected chi connectivity index (χ1v) is 9.80. The molecule has 1 saturated heterocycles. The molecule has 0 saturated carbocycles. The van der Waals surface area contributed by atoms with E-state index in [1.165, 1.54) is 6.07 Å². The van der Waals surface area contributed by atoms with Crippen LogP contribution in [-0.2, 0) is 9.84 Å². The molecule has 26 heavy (non-hydrogen) atoms. The number of nitrogen functional groups attached to an aromatic ring is 1. The Morgan fingerprint density at radius 3 is 2.42 bits per heavy atom. The predicted molar refractivity (Wildman–Crippen MR) is 97.0 cm³/mol. The highest BCUT2D eigenvalue weighted by Crippen LogP contribution is 2.30. The van der Waals surface area contributed by atoms with Gasteiger partial charge in [0.1, 0.15) is 0 Å². The summed E-state index contributed by atoms with van der Waals surface area (Å²) in [7, 11) is -1.97. The van der Waals surface area contributed by atoms with Gasteiger partial charge in [0.15, 0.2) is 11.6 Å². The first-order chi connectivity index (χ1) is 12.3. The number of benzene rings is 2. The molecule has 0 bridgehead atoms. The van der Waals surface area contributed by atoms with Crippen molar-refractivity contribution in [3.8, 4) is 0 Å². The number of likely N-dealkylation sites (N-methyl/N-ethyl adjacent to an activating group) is 1. The molecule has 1 heterocycles. The van der Waals surface area contributed by atoms with Crippen molar-refractivity contribution in [1.29, 1.82) is 0 Å². The maximum atomic E-state index is 13.4. The maximum Gasteiger partial charge on any atom is 0.208 e. The van der Waals surface area contributed by atoms with E-state index in [1.807, 2.05) is 0 Å². The average molecular weight is 381 g/mol. The van der Waals surface area contributed by atoms with E-state index in [-0.39, 0.29) is 15.5 Å². The van der Waals surface area contributed by atoms with E-state index < -0.39 is 21.5 Å². The zero-order valence-corrected chi connectivity index (χ0v) is 15.3. The van der Waals surface area contributed by atoms with Crippen LogP contribution in [0.4, 0.5) is 20.2 Å². The third-order valence-corrected chi connectivity index (χ3v) is 6.39. The number of hydrogen-bond acceptors (Lipinski definition) is 5. The first kappa shape index (κ1) is 18.6. The Bertz CT molecular complexity index is 919. The van der Waals surface area contributed by atoms with Crippen LogP contribution in [0.2, 0.25) is 0 Å². The van der Waals surface area contributed by atoms with Crippen LogP contribution in [0.25, 0.3) is 0 Å². The molecular formula is C18H21F2N3O2S. The Labute approximate surface area is 151 Å². The Morgan fingerprint density at radius 2 is 1.73 bits per heavy atom. The molecule has 5 nitrogen and oxygen atoms in total. The van der Waals surface area contributed by atoms with E-state index >= 15 is 0 Å². The van der Waals surface area contributed by atoms with E-state index in [9.17, 15) is 17.2 Å². The van der Waals surface area contributed by atoms with Crippen molar-refractivity contribution in [3.05, 3.63) is 48.0 Å². The topological polar surface area (TPSA) is 66.6 Å². The molecular weight excluding hydrogens is 360 g/mol. The minimum atomic E-state index is -4.03. The van der Waals surface area contributed by atoms with Crippen LogP contribution in [-0.4, -0.2) is 46.5 Å². The minimum Gasteiger partial charge on any atom is -0.398 e. The first-order valence-electron chi connectivity index (χ1n) is 8.32. The van der Waals surface area contributed by atoms with Crippen LogP contribution in [0.15, 0.2) is 46.2 Å². The second-order valence-corrected chi connectivity index (χ2v) is 8.36. The van der Waals surface area contributed by atoms with Gasteiger partial charge in [-0.25, -0.2) is 17.2 Å². The number of nitrogens with zero attached hydrogens (tertiary/aromatic N) is 2. The lowest BCUT2D eigenvalue weighted by atomic mass is 10.2. The molecule has 0 amide bonds. The largest absolute Gasteiger partial charge is 0.398 e. The van der Waals surface area contributed by atoms with E-state index in [4.69, 9.17) is 5.73 Å². The smallest absolute Gasteiger partial charge is 0.208 e. The van der Waals surface area contributed by atoms with Gasteiger partial charge in [0.2, 0.25) is 9.84 Å². The molecule has 2 aromatic rings. The van der Waals surface area contributed by atoms with Gasteiger partial charge in [0.25, 0.3) is 0 Å². The lowest BCUT2D eigenvalue weighted by Crippen LogP contribution is -2.28. The molecule has 0 unspecified atom stereocenters. The third kappa shape index (κ3) is 3.66. The summed E-state index contributed by atoms with van der Waals surface area (Å²) in [6, 6.07) is 7.25. The molecule has 0 spiro atoms. The Balaban J connectivity index is 1.92. The van der Waals surface area contributed by atoms with Gasteiger partial charge in [-0.3, -0.25) is 0 Å². The fraction of sp³-hybridized carbons (Fsp3) is 0.333. The van der Waals surface area contributed by atoms with Gasteiger partial charge < -0.3 is 15.5 Å². The van der Waals surface area contributed by atoms with Crippen molar-refractivity contribution in [1.82, 2.24) is 4.90 Å². The molecule has 3 rings (SSSR count). The minimum absolute atomic E-state index is 0.0878. The molecule has 2 aromatic carbocycles. The number of hydrogen-bond donors (Lipinski definition) is 1. The fourth-order valence-electron chi connectivity index (χ4n) is 3.05. The summed E-state index contributed by atoms with van der Waals surface area (Å²) in [5, 5.41) is 0. The second-order valence-electron chi connectivity index (χ2n) is 6.45. The maximum absolute atomic E-state index is 13.4. The van der Waals surface area contributed by atoms with Crippen LogP contribution >= 0.6 is 0 Å².